The molecule has 1 aliphatic heterocycles. The Hall–Kier alpha value is -5.58. The van der Waals surface area contributed by atoms with Gasteiger partial charge in [-0.25, -0.2) is 0 Å². The van der Waals surface area contributed by atoms with Gasteiger partial charge in [0.2, 0.25) is 0 Å². The second-order valence-electron chi connectivity index (χ2n) is 11.0. The van der Waals surface area contributed by atoms with E-state index < -0.39 is 0 Å². The third-order valence-corrected chi connectivity index (χ3v) is 9.75. The number of thiophene rings is 1. The Morgan fingerprint density at radius 2 is 1.09 bits per heavy atom. The van der Waals surface area contributed by atoms with Gasteiger partial charge in [-0.1, -0.05) is 127 Å². The van der Waals surface area contributed by atoms with Crippen molar-refractivity contribution in [3.8, 4) is 39.1 Å². The molecule has 0 bridgehead atoms. The average Bonchev–Trinajstić information content (AvgIpc) is 3.68. The first kappa shape index (κ1) is 27.0. The zero-order valence-electron chi connectivity index (χ0n) is 24.7. The molecule has 0 amide bonds. The number of para-hydroxylation sites is 1. The molecule has 4 heteroatoms. The third-order valence-electron chi connectivity index (χ3n) is 8.46. The first-order valence-corrected chi connectivity index (χ1v) is 15.7. The van der Waals surface area contributed by atoms with Crippen LogP contribution in [0.4, 0.5) is 0 Å². The Kier molecular flexibility index (Phi) is 6.70. The van der Waals surface area contributed by atoms with Gasteiger partial charge in [0.1, 0.15) is 17.2 Å². The van der Waals surface area contributed by atoms with Crippen molar-refractivity contribution in [2.45, 2.75) is 0 Å². The highest BCUT2D eigenvalue weighted by Gasteiger charge is 2.28. The van der Waals surface area contributed by atoms with Crippen molar-refractivity contribution in [2.24, 2.45) is 9.98 Å². The van der Waals surface area contributed by atoms with Crippen LogP contribution in [0.1, 0.15) is 11.1 Å². The summed E-state index contributed by atoms with van der Waals surface area (Å²) in [6.07, 6.45) is 0. The summed E-state index contributed by atoms with van der Waals surface area (Å²) in [5, 5.41) is 2.61. The molecule has 0 spiro atoms. The van der Waals surface area contributed by atoms with Crippen molar-refractivity contribution in [2.75, 3.05) is 7.05 Å². The fourth-order valence-electron chi connectivity index (χ4n) is 6.26. The maximum absolute atomic E-state index is 6.18. The summed E-state index contributed by atoms with van der Waals surface area (Å²) in [4.78, 5) is 8.86. The van der Waals surface area contributed by atoms with Crippen molar-refractivity contribution in [3.05, 3.63) is 156 Å². The topological polar surface area (TPSA) is 34.0 Å². The number of ether oxygens (including phenoxy) is 1. The van der Waals surface area contributed by atoms with Gasteiger partial charge < -0.3 is 4.74 Å². The van der Waals surface area contributed by atoms with Gasteiger partial charge >= 0.3 is 0 Å². The number of hydrogen-bond acceptors (Lipinski definition) is 4. The lowest BCUT2D eigenvalue weighted by atomic mass is 9.97. The maximum atomic E-state index is 6.18. The fourth-order valence-corrected chi connectivity index (χ4v) is 7.64. The van der Waals surface area contributed by atoms with Gasteiger partial charge in [-0.15, -0.1) is 11.3 Å². The predicted octanol–water partition coefficient (Wildman–Crippen LogP) is 10.9. The van der Waals surface area contributed by atoms with E-state index in [0.29, 0.717) is 11.5 Å². The molecule has 45 heavy (non-hydrogen) atoms. The summed E-state index contributed by atoms with van der Waals surface area (Å²) >= 11 is 1.88. The number of aliphatic imine (C=N–C) groups is 2. The number of nitrogens with zero attached hydrogens (tertiary/aromatic N) is 2. The highest BCUT2D eigenvalue weighted by Crippen LogP contribution is 2.44. The minimum Gasteiger partial charge on any atom is -0.452 e. The number of benzene rings is 6. The summed E-state index contributed by atoms with van der Waals surface area (Å²) in [6, 6.07) is 49.1. The van der Waals surface area contributed by atoms with Crippen molar-refractivity contribution < 1.29 is 4.74 Å². The first-order chi connectivity index (χ1) is 22.2. The summed E-state index contributed by atoms with van der Waals surface area (Å²) in [6.45, 7) is 3.85. The van der Waals surface area contributed by atoms with E-state index in [4.69, 9.17) is 4.74 Å². The van der Waals surface area contributed by atoms with Crippen molar-refractivity contribution in [1.82, 2.24) is 0 Å². The van der Waals surface area contributed by atoms with Crippen LogP contribution in [0.15, 0.2) is 155 Å². The Morgan fingerprint density at radius 3 is 1.71 bits per heavy atom. The van der Waals surface area contributed by atoms with Gasteiger partial charge in [0.05, 0.1) is 0 Å². The molecule has 0 unspecified atom stereocenters. The smallest absolute Gasteiger partial charge is 0.179 e. The van der Waals surface area contributed by atoms with Crippen molar-refractivity contribution in [1.29, 1.82) is 0 Å². The van der Waals surface area contributed by atoms with E-state index in [2.05, 4.69) is 132 Å². The average molecular weight is 597 g/mol. The van der Waals surface area contributed by atoms with E-state index in [9.17, 15) is 0 Å². The molecule has 7 aromatic rings. The van der Waals surface area contributed by atoms with Gasteiger partial charge in [0, 0.05) is 38.3 Å². The number of allylic oxidation sites excluding steroid dienone is 1. The van der Waals surface area contributed by atoms with E-state index in [1.54, 1.807) is 7.05 Å². The van der Waals surface area contributed by atoms with Crippen LogP contribution in [0.25, 0.3) is 59.3 Å². The van der Waals surface area contributed by atoms with E-state index in [0.717, 1.165) is 33.7 Å². The van der Waals surface area contributed by atoms with Crippen LogP contribution in [0.3, 0.4) is 0 Å². The van der Waals surface area contributed by atoms with Gasteiger partial charge in [0.15, 0.2) is 5.76 Å². The molecule has 8 rings (SSSR count). The lowest BCUT2D eigenvalue weighted by Gasteiger charge is -2.09. The minimum atomic E-state index is 0.636. The van der Waals surface area contributed by atoms with Crippen LogP contribution in [-0.4, -0.2) is 19.5 Å². The molecule has 0 fully saturated rings. The summed E-state index contributed by atoms with van der Waals surface area (Å²) in [7, 11) is 1.78. The lowest BCUT2D eigenvalue weighted by molar-refractivity contribution is 0.470. The Balaban J connectivity index is 1.12. The Morgan fingerprint density at radius 1 is 0.556 bits per heavy atom. The third kappa shape index (κ3) is 4.59. The normalized spacial score (nSPS) is 14.5. The molecule has 214 valence electrons. The largest absolute Gasteiger partial charge is 0.452 e. The van der Waals surface area contributed by atoms with Crippen LogP contribution >= 0.6 is 11.3 Å². The monoisotopic (exact) mass is 596 g/mol. The molecular formula is C41H28N2OS. The molecular weight excluding hydrogens is 569 g/mol. The Labute approximate surface area is 266 Å². The van der Waals surface area contributed by atoms with Crippen LogP contribution in [0, 0.1) is 0 Å². The Bertz CT molecular complexity index is 2290. The second kappa shape index (κ2) is 11.2. The molecule has 1 aromatic heterocycles. The molecule has 0 saturated carbocycles. The zero-order valence-corrected chi connectivity index (χ0v) is 25.5. The zero-order chi connectivity index (χ0) is 30.3. The number of rotatable bonds is 5. The van der Waals surface area contributed by atoms with E-state index in [1.165, 1.54) is 42.4 Å². The minimum absolute atomic E-state index is 0.636. The van der Waals surface area contributed by atoms with Gasteiger partial charge in [-0.05, 0) is 52.2 Å². The van der Waals surface area contributed by atoms with Crippen LogP contribution in [0.2, 0.25) is 0 Å². The lowest BCUT2D eigenvalue weighted by Crippen LogP contribution is -2.04. The molecule has 0 aliphatic carbocycles. The van der Waals surface area contributed by atoms with E-state index in [1.807, 2.05) is 35.6 Å². The predicted molar refractivity (Wildman–Crippen MR) is 192 cm³/mol. The first-order valence-electron chi connectivity index (χ1n) is 14.9. The molecule has 0 saturated heterocycles. The molecule has 1 aliphatic rings. The van der Waals surface area contributed by atoms with Crippen molar-refractivity contribution in [3.63, 3.8) is 0 Å². The number of hydrogen-bond donors (Lipinski definition) is 0. The van der Waals surface area contributed by atoms with Crippen molar-refractivity contribution >= 4 is 49.6 Å². The summed E-state index contributed by atoms with van der Waals surface area (Å²) in [5.74, 6) is 1.42. The van der Waals surface area contributed by atoms with Gasteiger partial charge in [-0.2, -0.15) is 0 Å². The molecule has 0 radical (unpaired) electrons. The molecule has 3 nitrogen and oxygen atoms in total. The highest BCUT2D eigenvalue weighted by molar-refractivity contribution is 7.26. The standard InChI is InChI=1S/C41H28N2OS/c1-42-37(39-38(43-2)35-12-6-7-17-36(35)44-39)30-24-20-27(21-25-30)26-18-22-29(23-19-26)32-14-9-16-34-33-15-8-13-31(40(33)45-41(32)34)28-10-4-3-5-11-28/h3-25H,1H2,2H3/b39-37+,43-38?. The van der Waals surface area contributed by atoms with Crippen LogP contribution in [0.5, 0.6) is 5.75 Å². The molecule has 6 aromatic carbocycles. The van der Waals surface area contributed by atoms with E-state index >= 15 is 0 Å². The molecule has 0 atom stereocenters. The van der Waals surface area contributed by atoms with Crippen LogP contribution in [-0.2, 0) is 0 Å². The highest BCUT2D eigenvalue weighted by atomic mass is 32.1. The second-order valence-corrected chi connectivity index (χ2v) is 12.0. The molecule has 2 heterocycles. The van der Waals surface area contributed by atoms with Gasteiger partial charge in [0.25, 0.3) is 0 Å². The summed E-state index contributed by atoms with van der Waals surface area (Å²) in [5.41, 5.74) is 10.7. The molecule has 0 N–H and O–H groups in total. The maximum Gasteiger partial charge on any atom is 0.179 e. The summed E-state index contributed by atoms with van der Waals surface area (Å²) < 4.78 is 8.83. The van der Waals surface area contributed by atoms with E-state index in [-0.39, 0.29) is 0 Å². The van der Waals surface area contributed by atoms with Crippen LogP contribution < -0.4 is 4.74 Å². The van der Waals surface area contributed by atoms with Gasteiger partial charge in [-0.3, -0.25) is 9.98 Å². The number of fused-ring (bicyclic) bond motifs is 4. The SMILES string of the molecule is C=N/C(=C1/Oc2ccccc2C1=NC)c1ccc(-c2ccc(-c3cccc4c3sc3c(-c5ccccc5)cccc34)cc2)cc1. The fraction of sp³-hybridized carbons (Fsp3) is 0.0244. The quantitative estimate of drug-likeness (QED) is 0.182.